The van der Waals surface area contributed by atoms with Crippen LogP contribution in [-0.4, -0.2) is 85.9 Å². The second-order valence-electron chi connectivity index (χ2n) is 9.99. The Kier molecular flexibility index (Phi) is 10.3. The number of hydroxylamine groups is 1. The van der Waals surface area contributed by atoms with Crippen LogP contribution in [0.5, 0.6) is 0 Å². The van der Waals surface area contributed by atoms with Crippen LogP contribution in [-0.2, 0) is 35.2 Å². The summed E-state index contributed by atoms with van der Waals surface area (Å²) in [6.45, 7) is 4.82. The molecule has 2 aromatic carbocycles. The van der Waals surface area contributed by atoms with Gasteiger partial charge in [-0.05, 0) is 38.1 Å². The molecule has 2 heterocycles. The third kappa shape index (κ3) is 6.88. The number of ether oxygens (including phenoxy) is 2. The van der Waals surface area contributed by atoms with E-state index in [9.17, 15) is 32.3 Å². The Morgan fingerprint density at radius 3 is 2.38 bits per heavy atom. The molecule has 12 nitrogen and oxygen atoms in total. The number of rotatable bonds is 12. The first-order valence-corrected chi connectivity index (χ1v) is 14.2. The Morgan fingerprint density at radius 2 is 1.73 bits per heavy atom. The molecule has 1 atom stereocenters. The summed E-state index contributed by atoms with van der Waals surface area (Å²) in [5.41, 5.74) is 6.13. The molecule has 3 aromatic rings. The third-order valence-electron chi connectivity index (χ3n) is 7.33. The standard InChI is InChI=1S/C30H34F3N5O7/c1-4-35(5-2)25(39)18-36-17-21(20-8-6-7-9-22(20)36)26-27(40)37(13-15-44-14-12-34)24-16-19(28(41)43-3)10-11-23(24)38(26)45-29(42)30(31,32)33/h6-11,16-17,26H,4-5,12-15,18,34H2,1-3H3. The number of hydrogen-bond acceptors (Lipinski definition) is 9. The van der Waals surface area contributed by atoms with Gasteiger partial charge in [0.05, 0.1) is 31.6 Å². The zero-order valence-electron chi connectivity index (χ0n) is 25.0. The molecule has 1 aliphatic heterocycles. The average molecular weight is 634 g/mol. The van der Waals surface area contributed by atoms with Crippen LogP contribution in [0.3, 0.4) is 0 Å². The molecule has 242 valence electrons. The number of alkyl halides is 3. The van der Waals surface area contributed by atoms with Crippen LogP contribution < -0.4 is 15.7 Å². The SMILES string of the molecule is CCN(CC)C(=O)Cn1cc(C2C(=O)N(CCOCCN)c3cc(C(=O)OC)ccc3N2OC(=O)C(F)(F)F)c2ccccc21. The zero-order chi connectivity index (χ0) is 32.9. The van der Waals surface area contributed by atoms with Gasteiger partial charge < -0.3 is 34.4 Å². The van der Waals surface area contributed by atoms with E-state index in [1.165, 1.54) is 29.3 Å². The average Bonchev–Trinajstić information content (AvgIpc) is 3.37. The van der Waals surface area contributed by atoms with Gasteiger partial charge >= 0.3 is 18.1 Å². The minimum Gasteiger partial charge on any atom is -0.465 e. The smallest absolute Gasteiger partial charge is 0.465 e. The fourth-order valence-electron chi connectivity index (χ4n) is 5.20. The minimum atomic E-state index is -5.39. The van der Waals surface area contributed by atoms with Crippen molar-refractivity contribution in [2.24, 2.45) is 5.73 Å². The van der Waals surface area contributed by atoms with Gasteiger partial charge in [-0.15, -0.1) is 0 Å². The number of nitrogens with zero attached hydrogens (tertiary/aromatic N) is 4. The van der Waals surface area contributed by atoms with E-state index in [0.717, 1.165) is 7.11 Å². The topological polar surface area (TPSA) is 137 Å². The van der Waals surface area contributed by atoms with E-state index in [2.05, 4.69) is 0 Å². The number of fused-ring (bicyclic) bond motifs is 2. The number of esters is 1. The Labute approximate surface area is 256 Å². The lowest BCUT2D eigenvalue weighted by molar-refractivity contribution is -0.202. The number of amides is 2. The van der Waals surface area contributed by atoms with Gasteiger partial charge in [-0.3, -0.25) is 9.59 Å². The highest BCUT2D eigenvalue weighted by molar-refractivity contribution is 6.09. The molecule has 15 heteroatoms. The number of para-hydroxylation sites is 1. The first-order valence-electron chi connectivity index (χ1n) is 14.2. The molecule has 1 unspecified atom stereocenters. The van der Waals surface area contributed by atoms with Crippen LogP contribution in [0.25, 0.3) is 10.9 Å². The van der Waals surface area contributed by atoms with E-state index >= 15 is 0 Å². The van der Waals surface area contributed by atoms with Crippen molar-refractivity contribution in [2.75, 3.05) is 56.5 Å². The van der Waals surface area contributed by atoms with Crippen LogP contribution in [0.1, 0.15) is 35.8 Å². The molecular weight excluding hydrogens is 599 g/mol. The predicted octanol–water partition coefficient (Wildman–Crippen LogP) is 3.19. The fourth-order valence-corrected chi connectivity index (χ4v) is 5.20. The van der Waals surface area contributed by atoms with E-state index in [1.54, 1.807) is 33.7 Å². The van der Waals surface area contributed by atoms with Crippen molar-refractivity contribution in [3.05, 3.63) is 59.8 Å². The lowest BCUT2D eigenvalue weighted by Gasteiger charge is -2.41. The number of hydrogen-bond donors (Lipinski definition) is 1. The summed E-state index contributed by atoms with van der Waals surface area (Å²) in [7, 11) is 1.15. The molecule has 0 spiro atoms. The molecular formula is C30H34F3N5O7. The highest BCUT2D eigenvalue weighted by Crippen LogP contribution is 2.45. The summed E-state index contributed by atoms with van der Waals surface area (Å²) in [6, 6.07) is 8.96. The first-order chi connectivity index (χ1) is 21.5. The van der Waals surface area contributed by atoms with Gasteiger partial charge in [0.1, 0.15) is 12.2 Å². The van der Waals surface area contributed by atoms with Gasteiger partial charge in [-0.1, -0.05) is 18.2 Å². The number of carbonyl (C=O) groups excluding carboxylic acids is 4. The maximum absolute atomic E-state index is 14.4. The highest BCUT2D eigenvalue weighted by atomic mass is 19.4. The maximum Gasteiger partial charge on any atom is 0.493 e. The van der Waals surface area contributed by atoms with Crippen LogP contribution in [0.2, 0.25) is 0 Å². The molecule has 0 saturated heterocycles. The summed E-state index contributed by atoms with van der Waals surface area (Å²) in [5, 5.41) is 1.05. The Balaban J connectivity index is 1.92. The second kappa shape index (κ2) is 14.0. The molecule has 2 N–H and O–H groups in total. The van der Waals surface area contributed by atoms with Crippen molar-refractivity contribution in [3.8, 4) is 0 Å². The predicted molar refractivity (Wildman–Crippen MR) is 157 cm³/mol. The number of methoxy groups -OCH3 is 1. The van der Waals surface area contributed by atoms with Crippen molar-refractivity contribution in [1.29, 1.82) is 0 Å². The van der Waals surface area contributed by atoms with Crippen LogP contribution in [0.15, 0.2) is 48.7 Å². The van der Waals surface area contributed by atoms with Crippen molar-refractivity contribution >= 4 is 46.0 Å². The largest absolute Gasteiger partial charge is 0.493 e. The summed E-state index contributed by atoms with van der Waals surface area (Å²) < 4.78 is 52.5. The number of anilines is 2. The van der Waals surface area contributed by atoms with E-state index < -0.39 is 30.1 Å². The van der Waals surface area contributed by atoms with E-state index in [4.69, 9.17) is 20.0 Å². The van der Waals surface area contributed by atoms with Gasteiger partial charge in [0, 0.05) is 48.8 Å². The van der Waals surface area contributed by atoms with Crippen LogP contribution >= 0.6 is 0 Å². The number of halogens is 3. The minimum absolute atomic E-state index is 0.0000221. The Hall–Kier alpha value is -4.63. The highest BCUT2D eigenvalue weighted by Gasteiger charge is 2.48. The van der Waals surface area contributed by atoms with Gasteiger partial charge in [-0.2, -0.15) is 18.2 Å². The summed E-state index contributed by atoms with van der Waals surface area (Å²) >= 11 is 0. The van der Waals surface area contributed by atoms with E-state index in [-0.39, 0.29) is 61.3 Å². The molecule has 0 radical (unpaired) electrons. The number of aromatic nitrogens is 1. The molecule has 45 heavy (non-hydrogen) atoms. The summed E-state index contributed by atoms with van der Waals surface area (Å²) in [4.78, 5) is 59.8. The Bertz CT molecular complexity index is 1570. The van der Waals surface area contributed by atoms with E-state index in [0.29, 0.717) is 29.1 Å². The third-order valence-corrected chi connectivity index (χ3v) is 7.33. The van der Waals surface area contributed by atoms with Gasteiger partial charge in [-0.25, -0.2) is 9.59 Å². The van der Waals surface area contributed by atoms with Gasteiger partial charge in [0.2, 0.25) is 5.91 Å². The van der Waals surface area contributed by atoms with Crippen LogP contribution in [0, 0.1) is 0 Å². The van der Waals surface area contributed by atoms with Gasteiger partial charge in [0.15, 0.2) is 6.04 Å². The second-order valence-corrected chi connectivity index (χ2v) is 9.99. The summed E-state index contributed by atoms with van der Waals surface area (Å²) in [5.74, 6) is -4.29. The van der Waals surface area contributed by atoms with Crippen molar-refractivity contribution in [3.63, 3.8) is 0 Å². The van der Waals surface area contributed by atoms with Crippen molar-refractivity contribution in [1.82, 2.24) is 9.47 Å². The molecule has 0 saturated carbocycles. The quantitative estimate of drug-likeness (QED) is 0.236. The molecule has 1 aromatic heterocycles. The molecule has 0 bridgehead atoms. The summed E-state index contributed by atoms with van der Waals surface area (Å²) in [6.07, 6.45) is -3.89. The number of benzene rings is 2. The lowest BCUT2D eigenvalue weighted by Crippen LogP contribution is -2.51. The first kappa shape index (κ1) is 33.3. The van der Waals surface area contributed by atoms with Crippen molar-refractivity contribution < 1.29 is 46.7 Å². The lowest BCUT2D eigenvalue weighted by atomic mass is 9.99. The molecule has 4 rings (SSSR count). The molecule has 0 fully saturated rings. The fraction of sp³-hybridized carbons (Fsp3) is 0.400. The maximum atomic E-state index is 14.4. The van der Waals surface area contributed by atoms with Crippen molar-refractivity contribution in [2.45, 2.75) is 32.6 Å². The van der Waals surface area contributed by atoms with E-state index in [1.807, 2.05) is 13.8 Å². The zero-order valence-corrected chi connectivity index (χ0v) is 25.0. The van der Waals surface area contributed by atoms with Gasteiger partial charge in [0.25, 0.3) is 5.91 Å². The monoisotopic (exact) mass is 633 g/mol. The normalized spacial score (nSPS) is 14.8. The Morgan fingerprint density at radius 1 is 1.02 bits per heavy atom. The molecule has 2 amide bonds. The van der Waals surface area contributed by atoms with Crippen LogP contribution in [0.4, 0.5) is 24.5 Å². The number of carbonyl (C=O) groups is 4. The molecule has 0 aliphatic carbocycles. The number of nitrogens with two attached hydrogens (primary N) is 1. The molecule has 1 aliphatic rings. The number of likely N-dealkylation sites (N-methyl/N-ethyl adjacent to an activating group) is 1.